The molecule has 2 heterocycles. The van der Waals surface area contributed by atoms with E-state index in [1.165, 1.54) is 60.4 Å². The minimum atomic E-state index is -0.0252. The second-order valence-electron chi connectivity index (χ2n) is 15.0. The zero-order valence-corrected chi connectivity index (χ0v) is 30.1. The monoisotopic (exact) mass is 689 g/mol. The largest absolute Gasteiger partial charge is 0.309 e. The van der Waals surface area contributed by atoms with Gasteiger partial charge in [-0.2, -0.15) is 0 Å². The fourth-order valence-corrected chi connectivity index (χ4v) is 8.91. The SMILES string of the molecule is CC1(C)c2ccccc2-c2c1ccc1ccc(-c3ccc(-c4nc(-c5ccc6c7ccccc7n(-c7ccccc7)c6c5)c5ccccc5n4)cc3)cc21. The van der Waals surface area contributed by atoms with Crippen molar-refractivity contribution in [3.8, 4) is 50.6 Å². The van der Waals surface area contributed by atoms with E-state index in [-0.39, 0.29) is 5.41 Å². The highest BCUT2D eigenvalue weighted by molar-refractivity contribution is 6.11. The van der Waals surface area contributed by atoms with Crippen molar-refractivity contribution in [1.29, 1.82) is 0 Å². The quantitative estimate of drug-likeness (QED) is 0.184. The molecule has 10 aromatic rings. The Hall–Kier alpha value is -6.84. The smallest absolute Gasteiger partial charge is 0.160 e. The average Bonchev–Trinajstić information content (AvgIpc) is 3.68. The molecule has 3 heteroatoms. The van der Waals surface area contributed by atoms with Crippen LogP contribution in [0.25, 0.3) is 94.1 Å². The van der Waals surface area contributed by atoms with Gasteiger partial charge in [-0.05, 0) is 80.6 Å². The summed E-state index contributed by atoms with van der Waals surface area (Å²) in [4.78, 5) is 10.4. The summed E-state index contributed by atoms with van der Waals surface area (Å²) in [7, 11) is 0. The van der Waals surface area contributed by atoms with Crippen LogP contribution in [0.15, 0.2) is 176 Å². The van der Waals surface area contributed by atoms with Gasteiger partial charge in [0.2, 0.25) is 0 Å². The van der Waals surface area contributed by atoms with Crippen LogP contribution in [-0.2, 0) is 5.41 Å². The van der Waals surface area contributed by atoms with E-state index in [1.54, 1.807) is 0 Å². The molecule has 54 heavy (non-hydrogen) atoms. The normalized spacial score (nSPS) is 13.1. The van der Waals surface area contributed by atoms with Crippen molar-refractivity contribution in [1.82, 2.24) is 14.5 Å². The van der Waals surface area contributed by atoms with Crippen molar-refractivity contribution in [3.63, 3.8) is 0 Å². The number of fused-ring (bicyclic) bond motifs is 9. The number of rotatable bonds is 4. The lowest BCUT2D eigenvalue weighted by atomic mass is 9.82. The lowest BCUT2D eigenvalue weighted by molar-refractivity contribution is 0.661. The first-order chi connectivity index (χ1) is 26.5. The van der Waals surface area contributed by atoms with Crippen LogP contribution in [0, 0.1) is 0 Å². The zero-order chi connectivity index (χ0) is 36.0. The Labute approximate surface area is 313 Å². The van der Waals surface area contributed by atoms with Crippen LogP contribution < -0.4 is 0 Å². The highest BCUT2D eigenvalue weighted by atomic mass is 15.0. The molecule has 0 unspecified atom stereocenters. The van der Waals surface area contributed by atoms with Gasteiger partial charge in [-0.15, -0.1) is 0 Å². The fourth-order valence-electron chi connectivity index (χ4n) is 8.91. The molecule has 11 rings (SSSR count). The summed E-state index contributed by atoms with van der Waals surface area (Å²) >= 11 is 0. The Morgan fingerprint density at radius 2 is 1.11 bits per heavy atom. The second kappa shape index (κ2) is 11.6. The molecule has 0 amide bonds. The number of hydrogen-bond donors (Lipinski definition) is 0. The van der Waals surface area contributed by atoms with Crippen LogP contribution in [0.5, 0.6) is 0 Å². The first kappa shape index (κ1) is 30.8. The average molecular weight is 690 g/mol. The van der Waals surface area contributed by atoms with Gasteiger partial charge in [-0.3, -0.25) is 0 Å². The number of benzene rings is 8. The van der Waals surface area contributed by atoms with Crippen LogP contribution >= 0.6 is 0 Å². The molecule has 2 aromatic heterocycles. The van der Waals surface area contributed by atoms with E-state index in [2.05, 4.69) is 194 Å². The van der Waals surface area contributed by atoms with E-state index in [0.29, 0.717) is 5.82 Å². The maximum atomic E-state index is 5.30. The van der Waals surface area contributed by atoms with E-state index in [0.717, 1.165) is 38.9 Å². The van der Waals surface area contributed by atoms with Crippen molar-refractivity contribution in [3.05, 3.63) is 187 Å². The molecule has 0 atom stereocenters. The molecule has 0 spiro atoms. The molecule has 0 radical (unpaired) electrons. The molecule has 0 saturated carbocycles. The summed E-state index contributed by atoms with van der Waals surface area (Å²) in [6.45, 7) is 4.68. The van der Waals surface area contributed by atoms with E-state index >= 15 is 0 Å². The third-order valence-corrected chi connectivity index (χ3v) is 11.6. The fraction of sp³-hybridized carbons (Fsp3) is 0.0588. The van der Waals surface area contributed by atoms with Crippen molar-refractivity contribution in [2.24, 2.45) is 0 Å². The molecule has 8 aromatic carbocycles. The Balaban J connectivity index is 1.02. The maximum absolute atomic E-state index is 5.30. The molecule has 0 N–H and O–H groups in total. The molecular weight excluding hydrogens is 655 g/mol. The lowest BCUT2D eigenvalue weighted by Crippen LogP contribution is -2.14. The summed E-state index contributed by atoms with van der Waals surface area (Å²) < 4.78 is 2.36. The minimum absolute atomic E-state index is 0.0252. The van der Waals surface area contributed by atoms with Crippen LogP contribution in [0.3, 0.4) is 0 Å². The molecule has 0 bridgehead atoms. The van der Waals surface area contributed by atoms with Crippen LogP contribution in [0.4, 0.5) is 0 Å². The molecule has 0 fully saturated rings. The van der Waals surface area contributed by atoms with E-state index in [1.807, 2.05) is 0 Å². The third-order valence-electron chi connectivity index (χ3n) is 11.6. The lowest BCUT2D eigenvalue weighted by Gasteiger charge is -2.21. The standard InChI is InChI=1S/C51H35N3/c1-51(2)43-17-9-6-15-40(43)48-42-30-35(25-22-33(42)27-29-44(48)51)32-20-23-34(24-21-32)50-52-45-18-10-7-16-41(45)49(53-50)36-26-28-39-38-14-8-11-19-46(38)54(47(39)31-36)37-12-4-3-5-13-37/h3-31H,1-2H3. The molecule has 254 valence electrons. The molecule has 0 aliphatic heterocycles. The summed E-state index contributed by atoms with van der Waals surface area (Å²) in [5.41, 5.74) is 15.2. The number of para-hydroxylation sites is 3. The molecule has 0 saturated heterocycles. The van der Waals surface area contributed by atoms with Crippen molar-refractivity contribution >= 4 is 43.5 Å². The highest BCUT2D eigenvalue weighted by Gasteiger charge is 2.36. The Morgan fingerprint density at radius 1 is 0.444 bits per heavy atom. The first-order valence-corrected chi connectivity index (χ1v) is 18.7. The molecule has 1 aliphatic rings. The van der Waals surface area contributed by atoms with Gasteiger partial charge < -0.3 is 4.57 Å². The predicted molar refractivity (Wildman–Crippen MR) is 225 cm³/mol. The Morgan fingerprint density at radius 3 is 1.98 bits per heavy atom. The first-order valence-electron chi connectivity index (χ1n) is 18.7. The van der Waals surface area contributed by atoms with Crippen LogP contribution in [0.1, 0.15) is 25.0 Å². The van der Waals surface area contributed by atoms with Crippen molar-refractivity contribution < 1.29 is 0 Å². The van der Waals surface area contributed by atoms with Gasteiger partial charge in [0.1, 0.15) is 0 Å². The van der Waals surface area contributed by atoms with E-state index < -0.39 is 0 Å². The summed E-state index contributed by atoms with van der Waals surface area (Å²) in [5.74, 6) is 0.717. The van der Waals surface area contributed by atoms with Crippen molar-refractivity contribution in [2.75, 3.05) is 0 Å². The topological polar surface area (TPSA) is 30.7 Å². The van der Waals surface area contributed by atoms with Crippen molar-refractivity contribution in [2.45, 2.75) is 19.3 Å². The van der Waals surface area contributed by atoms with E-state index in [9.17, 15) is 0 Å². The summed E-state index contributed by atoms with van der Waals surface area (Å²) in [5, 5.41) is 6.06. The summed E-state index contributed by atoms with van der Waals surface area (Å²) in [6, 6.07) is 63.5. The summed E-state index contributed by atoms with van der Waals surface area (Å²) in [6.07, 6.45) is 0. The van der Waals surface area contributed by atoms with Gasteiger partial charge in [0.15, 0.2) is 5.82 Å². The van der Waals surface area contributed by atoms with Crippen LogP contribution in [-0.4, -0.2) is 14.5 Å². The minimum Gasteiger partial charge on any atom is -0.309 e. The number of aromatic nitrogens is 3. The molecular formula is C51H35N3. The van der Waals surface area contributed by atoms with Gasteiger partial charge in [-0.25, -0.2) is 9.97 Å². The molecule has 3 nitrogen and oxygen atoms in total. The van der Waals surface area contributed by atoms with E-state index in [4.69, 9.17) is 9.97 Å². The Kier molecular flexibility index (Phi) is 6.60. The highest BCUT2D eigenvalue weighted by Crippen LogP contribution is 2.51. The number of nitrogens with zero attached hydrogens (tertiary/aromatic N) is 3. The van der Waals surface area contributed by atoms with Crippen LogP contribution in [0.2, 0.25) is 0 Å². The maximum Gasteiger partial charge on any atom is 0.160 e. The second-order valence-corrected chi connectivity index (χ2v) is 15.0. The molecule has 1 aliphatic carbocycles. The van der Waals surface area contributed by atoms with Gasteiger partial charge in [0.25, 0.3) is 0 Å². The van der Waals surface area contributed by atoms with Gasteiger partial charge in [0.05, 0.1) is 22.2 Å². The number of hydrogen-bond acceptors (Lipinski definition) is 2. The Bertz CT molecular complexity index is 3110. The van der Waals surface area contributed by atoms with Gasteiger partial charge >= 0.3 is 0 Å². The zero-order valence-electron chi connectivity index (χ0n) is 30.1. The van der Waals surface area contributed by atoms with Gasteiger partial charge in [-0.1, -0.05) is 153 Å². The third kappa shape index (κ3) is 4.55. The predicted octanol–water partition coefficient (Wildman–Crippen LogP) is 13.2. The van der Waals surface area contributed by atoms with Gasteiger partial charge in [0, 0.05) is 38.4 Å².